The Kier molecular flexibility index (Phi) is 4.82. The molecule has 0 fully saturated rings. The highest BCUT2D eigenvalue weighted by Gasteiger charge is 2.20. The van der Waals surface area contributed by atoms with Crippen molar-refractivity contribution in [2.45, 2.75) is 13.1 Å². The topological polar surface area (TPSA) is 59.5 Å². The summed E-state index contributed by atoms with van der Waals surface area (Å²) in [6.07, 6.45) is 0. The average molecular weight is 412 g/mol. The highest BCUT2D eigenvalue weighted by molar-refractivity contribution is 5.95. The van der Waals surface area contributed by atoms with Gasteiger partial charge in [0.15, 0.2) is 11.5 Å². The van der Waals surface area contributed by atoms with Gasteiger partial charge in [0.25, 0.3) is 0 Å². The van der Waals surface area contributed by atoms with Crippen molar-refractivity contribution < 1.29 is 9.47 Å². The van der Waals surface area contributed by atoms with E-state index in [1.807, 2.05) is 19.2 Å². The normalized spacial score (nSPS) is 12.7. The van der Waals surface area contributed by atoms with E-state index < -0.39 is 0 Å². The van der Waals surface area contributed by atoms with Crippen molar-refractivity contribution in [3.63, 3.8) is 0 Å². The average Bonchev–Trinajstić information content (AvgIpc) is 3.27. The van der Waals surface area contributed by atoms with Gasteiger partial charge in [-0.25, -0.2) is 9.97 Å². The van der Waals surface area contributed by atoms with E-state index in [1.165, 1.54) is 16.8 Å². The number of nitrogens with zero attached hydrogens (tertiary/aromatic N) is 3. The smallest absolute Gasteiger partial charge is 0.223 e. The zero-order chi connectivity index (χ0) is 21.4. The summed E-state index contributed by atoms with van der Waals surface area (Å²) < 4.78 is 11.0. The third-order valence-corrected chi connectivity index (χ3v) is 5.75. The molecule has 0 saturated carbocycles. The van der Waals surface area contributed by atoms with Crippen molar-refractivity contribution >= 4 is 22.5 Å². The third-order valence-electron chi connectivity index (χ3n) is 5.75. The van der Waals surface area contributed by atoms with E-state index in [-0.39, 0.29) is 0 Å². The van der Waals surface area contributed by atoms with Gasteiger partial charge in [0, 0.05) is 42.8 Å². The maximum atomic E-state index is 5.53. The fourth-order valence-corrected chi connectivity index (χ4v) is 4.15. The summed E-state index contributed by atoms with van der Waals surface area (Å²) in [5.41, 5.74) is 6.63. The second-order valence-corrected chi connectivity index (χ2v) is 7.55. The van der Waals surface area contributed by atoms with Gasteiger partial charge in [-0.15, -0.1) is 0 Å². The van der Waals surface area contributed by atoms with Gasteiger partial charge in [-0.2, -0.15) is 0 Å². The summed E-state index contributed by atoms with van der Waals surface area (Å²) in [5, 5.41) is 3.99. The fraction of sp³-hybridized carbons (Fsp3) is 0.200. The molecule has 5 rings (SSSR count). The number of ether oxygens (including phenoxy) is 2. The minimum atomic E-state index is 0.564. The zero-order valence-corrected chi connectivity index (χ0v) is 17.8. The molecule has 1 N–H and O–H groups in total. The van der Waals surface area contributed by atoms with Crippen LogP contribution in [0.1, 0.15) is 11.1 Å². The quantitative estimate of drug-likeness (QED) is 0.504. The lowest BCUT2D eigenvalue weighted by atomic mass is 10.0. The van der Waals surface area contributed by atoms with Gasteiger partial charge < -0.3 is 19.7 Å². The number of hydrogen-bond donors (Lipinski definition) is 1. The molecule has 0 saturated heterocycles. The van der Waals surface area contributed by atoms with Crippen molar-refractivity contribution in [3.05, 3.63) is 71.8 Å². The maximum Gasteiger partial charge on any atom is 0.223 e. The van der Waals surface area contributed by atoms with Crippen LogP contribution >= 0.6 is 0 Å². The number of methoxy groups -OCH3 is 2. The van der Waals surface area contributed by atoms with Crippen molar-refractivity contribution in [1.82, 2.24) is 9.97 Å². The second-order valence-electron chi connectivity index (χ2n) is 7.55. The number of rotatable bonds is 5. The molecule has 156 valence electrons. The number of fused-ring (bicyclic) bond motifs is 2. The Morgan fingerprint density at radius 3 is 2.23 bits per heavy atom. The van der Waals surface area contributed by atoms with Gasteiger partial charge in [0.05, 0.1) is 25.4 Å². The molecule has 0 radical (unpaired) electrons. The summed E-state index contributed by atoms with van der Waals surface area (Å²) in [6.45, 7) is 1.83. The monoisotopic (exact) mass is 412 g/mol. The van der Waals surface area contributed by atoms with E-state index in [0.717, 1.165) is 35.2 Å². The van der Waals surface area contributed by atoms with Crippen LogP contribution in [0.15, 0.2) is 60.7 Å². The van der Waals surface area contributed by atoms with Crippen LogP contribution in [0.2, 0.25) is 0 Å². The molecular weight excluding hydrogens is 388 g/mol. The van der Waals surface area contributed by atoms with Gasteiger partial charge in [0.1, 0.15) is 0 Å². The summed E-state index contributed by atoms with van der Waals surface area (Å²) in [5.74, 6) is 1.86. The Morgan fingerprint density at radius 1 is 0.839 bits per heavy atom. The molecule has 0 amide bonds. The predicted octanol–water partition coefficient (Wildman–Crippen LogP) is 4.88. The Hall–Kier alpha value is -3.80. The summed E-state index contributed by atoms with van der Waals surface area (Å²) in [7, 11) is 5.09. The van der Waals surface area contributed by atoms with Crippen molar-refractivity contribution in [2.24, 2.45) is 0 Å². The first-order chi connectivity index (χ1) is 15.2. The minimum absolute atomic E-state index is 0.564. The zero-order valence-electron chi connectivity index (χ0n) is 17.8. The molecule has 31 heavy (non-hydrogen) atoms. The fourth-order valence-electron chi connectivity index (χ4n) is 4.15. The highest BCUT2D eigenvalue weighted by Crippen LogP contribution is 2.37. The van der Waals surface area contributed by atoms with Crippen LogP contribution in [0, 0.1) is 0 Å². The maximum absolute atomic E-state index is 5.53. The van der Waals surface area contributed by atoms with Crippen molar-refractivity contribution in [2.75, 3.05) is 31.5 Å². The molecule has 4 aromatic rings. The Balaban J connectivity index is 1.62. The Bertz CT molecular complexity index is 1250. The lowest BCUT2D eigenvalue weighted by molar-refractivity contribution is 0.356. The minimum Gasteiger partial charge on any atom is -0.493 e. The summed E-state index contributed by atoms with van der Waals surface area (Å²) >= 11 is 0. The molecule has 1 aliphatic heterocycles. The number of aromatic nitrogens is 2. The van der Waals surface area contributed by atoms with E-state index in [2.05, 4.69) is 63.7 Å². The van der Waals surface area contributed by atoms with Crippen molar-refractivity contribution in [1.29, 1.82) is 0 Å². The highest BCUT2D eigenvalue weighted by atomic mass is 16.5. The van der Waals surface area contributed by atoms with E-state index in [9.17, 15) is 0 Å². The SMILES string of the molecule is CNc1nc(-c2cccc(N3Cc4ccccc4C3)c2)c2cc(OC)c(OC)cc2n1. The molecule has 3 aromatic carbocycles. The molecule has 0 aliphatic carbocycles. The van der Waals surface area contributed by atoms with Gasteiger partial charge in [-0.1, -0.05) is 36.4 Å². The molecular formula is C25H24N4O2. The van der Waals surface area contributed by atoms with E-state index in [1.54, 1.807) is 14.2 Å². The number of nitrogens with one attached hydrogen (secondary N) is 1. The summed E-state index contributed by atoms with van der Waals surface area (Å²) in [6, 6.07) is 21.0. The third kappa shape index (κ3) is 3.40. The van der Waals surface area contributed by atoms with Crippen LogP contribution in [0.3, 0.4) is 0 Å². The largest absolute Gasteiger partial charge is 0.493 e. The van der Waals surface area contributed by atoms with Crippen LogP contribution in [0.25, 0.3) is 22.2 Å². The first-order valence-corrected chi connectivity index (χ1v) is 10.2. The first kappa shape index (κ1) is 19.2. The molecule has 0 spiro atoms. The van der Waals surface area contributed by atoms with Crippen LogP contribution in [-0.2, 0) is 13.1 Å². The van der Waals surface area contributed by atoms with Crippen molar-refractivity contribution in [3.8, 4) is 22.8 Å². The number of anilines is 2. The molecule has 6 heteroatoms. The molecule has 0 unspecified atom stereocenters. The van der Waals surface area contributed by atoms with Crippen LogP contribution in [0.5, 0.6) is 11.5 Å². The standard InChI is InChI=1S/C25H24N4O2/c1-26-25-27-21-13-23(31-3)22(30-2)12-20(21)24(28-25)16-9-6-10-19(11-16)29-14-17-7-4-5-8-18(17)15-29/h4-13H,14-15H2,1-3H3,(H,26,27,28). The molecule has 6 nitrogen and oxygen atoms in total. The molecule has 2 heterocycles. The lowest BCUT2D eigenvalue weighted by Crippen LogP contribution is -2.14. The van der Waals surface area contributed by atoms with Gasteiger partial charge >= 0.3 is 0 Å². The molecule has 0 bridgehead atoms. The van der Waals surface area contributed by atoms with Gasteiger partial charge in [-0.05, 0) is 29.3 Å². The molecule has 0 atom stereocenters. The Labute approximate surface area is 181 Å². The van der Waals surface area contributed by atoms with E-state index >= 15 is 0 Å². The lowest BCUT2D eigenvalue weighted by Gasteiger charge is -2.19. The van der Waals surface area contributed by atoms with Gasteiger partial charge in [0.2, 0.25) is 5.95 Å². The van der Waals surface area contributed by atoms with Crippen LogP contribution < -0.4 is 19.7 Å². The first-order valence-electron chi connectivity index (χ1n) is 10.2. The molecule has 1 aliphatic rings. The van der Waals surface area contributed by atoms with Crippen LogP contribution in [0.4, 0.5) is 11.6 Å². The summed E-state index contributed by atoms with van der Waals surface area (Å²) in [4.78, 5) is 11.8. The van der Waals surface area contributed by atoms with E-state index in [4.69, 9.17) is 14.5 Å². The number of hydrogen-bond acceptors (Lipinski definition) is 6. The number of benzene rings is 3. The van der Waals surface area contributed by atoms with Gasteiger partial charge in [-0.3, -0.25) is 0 Å². The van der Waals surface area contributed by atoms with Crippen LogP contribution in [-0.4, -0.2) is 31.2 Å². The molecule has 1 aromatic heterocycles. The Morgan fingerprint density at radius 2 is 1.55 bits per heavy atom. The van der Waals surface area contributed by atoms with E-state index in [0.29, 0.717) is 17.4 Å². The predicted molar refractivity (Wildman–Crippen MR) is 124 cm³/mol. The second kappa shape index (κ2) is 7.80.